The molecule has 0 saturated carbocycles. The lowest BCUT2D eigenvalue weighted by atomic mass is 10.2. The van der Waals surface area contributed by atoms with Crippen LogP contribution in [-0.2, 0) is 7.05 Å². The average Bonchev–Trinajstić information content (AvgIpc) is 2.55. The summed E-state index contributed by atoms with van der Waals surface area (Å²) in [6.07, 6.45) is 2.91. The summed E-state index contributed by atoms with van der Waals surface area (Å²) in [7, 11) is 1.76. The van der Waals surface area contributed by atoms with Crippen LogP contribution in [0.2, 0.25) is 0 Å². The Kier molecular flexibility index (Phi) is 1.90. The van der Waals surface area contributed by atoms with Crippen LogP contribution >= 0.6 is 0 Å². The lowest BCUT2D eigenvalue weighted by Crippen LogP contribution is -1.97. The number of aryl methyl sites for hydroxylation is 1. The predicted octanol–water partition coefficient (Wildman–Crippen LogP) is 1.14. The van der Waals surface area contributed by atoms with Crippen molar-refractivity contribution in [2.45, 2.75) is 0 Å². The minimum Gasteiger partial charge on any atom is -0.478 e. The van der Waals surface area contributed by atoms with Gasteiger partial charge in [0.05, 0.1) is 11.1 Å². The van der Waals surface area contributed by atoms with Gasteiger partial charge in [-0.3, -0.25) is 0 Å². The van der Waals surface area contributed by atoms with E-state index in [-0.39, 0.29) is 5.56 Å². The van der Waals surface area contributed by atoms with Crippen molar-refractivity contribution in [3.8, 4) is 6.07 Å². The van der Waals surface area contributed by atoms with E-state index in [4.69, 9.17) is 10.4 Å². The molecule has 74 valence electrons. The fourth-order valence-corrected chi connectivity index (χ4v) is 1.47. The molecule has 0 aliphatic carbocycles. The molecule has 0 aliphatic heterocycles. The van der Waals surface area contributed by atoms with Gasteiger partial charge >= 0.3 is 5.97 Å². The van der Waals surface area contributed by atoms with Gasteiger partial charge in [-0.1, -0.05) is 0 Å². The minimum absolute atomic E-state index is 0.0881. The monoisotopic (exact) mass is 201 g/mol. The number of carboxylic acids is 1. The quantitative estimate of drug-likeness (QED) is 0.750. The van der Waals surface area contributed by atoms with E-state index in [1.165, 1.54) is 12.3 Å². The number of aromatic nitrogens is 2. The smallest absolute Gasteiger partial charge is 0.337 e. The number of hydrogen-bond donors (Lipinski definition) is 1. The van der Waals surface area contributed by atoms with Gasteiger partial charge in [-0.25, -0.2) is 9.78 Å². The SMILES string of the molecule is Cn1cc(C#N)c2cc(C(=O)O)cnc21. The van der Waals surface area contributed by atoms with Crippen LogP contribution in [0.15, 0.2) is 18.5 Å². The zero-order chi connectivity index (χ0) is 11.0. The third-order valence-electron chi connectivity index (χ3n) is 2.18. The number of carbonyl (C=O) groups is 1. The second-order valence-corrected chi connectivity index (χ2v) is 3.17. The maximum absolute atomic E-state index is 10.7. The molecule has 0 amide bonds. The van der Waals surface area contributed by atoms with Crippen molar-refractivity contribution in [1.29, 1.82) is 5.26 Å². The zero-order valence-corrected chi connectivity index (χ0v) is 7.93. The Morgan fingerprint density at radius 2 is 2.40 bits per heavy atom. The van der Waals surface area contributed by atoms with E-state index in [0.29, 0.717) is 16.6 Å². The van der Waals surface area contributed by atoms with Gasteiger partial charge in [0.1, 0.15) is 11.7 Å². The highest BCUT2D eigenvalue weighted by atomic mass is 16.4. The summed E-state index contributed by atoms with van der Waals surface area (Å²) in [4.78, 5) is 14.7. The Bertz CT molecular complexity index is 592. The Labute approximate surface area is 85.2 Å². The van der Waals surface area contributed by atoms with E-state index >= 15 is 0 Å². The molecule has 0 radical (unpaired) electrons. The standard InChI is InChI=1S/C10H7N3O2/c1-13-5-7(3-11)8-2-6(10(14)15)4-12-9(8)13/h2,4-5H,1H3,(H,14,15). The van der Waals surface area contributed by atoms with E-state index in [9.17, 15) is 4.79 Å². The van der Waals surface area contributed by atoms with Crippen molar-refractivity contribution in [1.82, 2.24) is 9.55 Å². The summed E-state index contributed by atoms with van der Waals surface area (Å²) in [6, 6.07) is 3.46. The molecule has 0 fully saturated rings. The summed E-state index contributed by atoms with van der Waals surface area (Å²) in [6.45, 7) is 0. The maximum atomic E-state index is 10.7. The molecule has 0 unspecified atom stereocenters. The number of pyridine rings is 1. The molecule has 0 bridgehead atoms. The molecule has 0 saturated heterocycles. The molecule has 15 heavy (non-hydrogen) atoms. The van der Waals surface area contributed by atoms with Gasteiger partial charge in [-0.15, -0.1) is 0 Å². The molecule has 2 aromatic heterocycles. The first-order valence-corrected chi connectivity index (χ1v) is 4.22. The maximum Gasteiger partial charge on any atom is 0.337 e. The number of nitrogens with zero attached hydrogens (tertiary/aromatic N) is 3. The van der Waals surface area contributed by atoms with Gasteiger partial charge in [-0.05, 0) is 6.07 Å². The second-order valence-electron chi connectivity index (χ2n) is 3.17. The molecule has 5 heteroatoms. The van der Waals surface area contributed by atoms with E-state index in [1.54, 1.807) is 17.8 Å². The summed E-state index contributed by atoms with van der Waals surface area (Å²) in [5, 5.41) is 18.2. The Hall–Kier alpha value is -2.35. The van der Waals surface area contributed by atoms with Crippen LogP contribution in [0, 0.1) is 11.3 Å². The van der Waals surface area contributed by atoms with E-state index < -0.39 is 5.97 Å². The Morgan fingerprint density at radius 3 is 3.00 bits per heavy atom. The van der Waals surface area contributed by atoms with Gasteiger partial charge < -0.3 is 9.67 Å². The number of rotatable bonds is 1. The number of carboxylic acid groups (broad SMARTS) is 1. The van der Waals surface area contributed by atoms with Crippen LogP contribution in [0.3, 0.4) is 0 Å². The molecule has 0 spiro atoms. The van der Waals surface area contributed by atoms with Gasteiger partial charge in [0.25, 0.3) is 0 Å². The molecule has 2 heterocycles. The van der Waals surface area contributed by atoms with Crippen molar-refractivity contribution < 1.29 is 9.90 Å². The number of fused-ring (bicyclic) bond motifs is 1. The van der Waals surface area contributed by atoms with Crippen molar-refractivity contribution in [3.05, 3.63) is 29.6 Å². The Balaban J connectivity index is 2.81. The average molecular weight is 201 g/mol. The lowest BCUT2D eigenvalue weighted by Gasteiger charge is -1.96. The zero-order valence-electron chi connectivity index (χ0n) is 7.93. The molecule has 2 rings (SSSR count). The second kappa shape index (κ2) is 3.10. The third kappa shape index (κ3) is 1.32. The first kappa shape index (κ1) is 9.21. The van der Waals surface area contributed by atoms with Crippen molar-refractivity contribution in [3.63, 3.8) is 0 Å². The largest absolute Gasteiger partial charge is 0.478 e. The topological polar surface area (TPSA) is 78.9 Å². The van der Waals surface area contributed by atoms with Gasteiger partial charge in [0.15, 0.2) is 0 Å². The van der Waals surface area contributed by atoms with Crippen molar-refractivity contribution in [2.24, 2.45) is 7.05 Å². The fourth-order valence-electron chi connectivity index (χ4n) is 1.47. The molecule has 1 N–H and O–H groups in total. The highest BCUT2D eigenvalue weighted by Gasteiger charge is 2.10. The highest BCUT2D eigenvalue weighted by Crippen LogP contribution is 2.18. The number of aromatic carboxylic acids is 1. The minimum atomic E-state index is -1.04. The summed E-state index contributed by atoms with van der Waals surface area (Å²) in [5.41, 5.74) is 1.13. The van der Waals surface area contributed by atoms with Crippen LogP contribution in [0.25, 0.3) is 11.0 Å². The molecule has 2 aromatic rings. The van der Waals surface area contributed by atoms with Crippen LogP contribution in [0.5, 0.6) is 0 Å². The van der Waals surface area contributed by atoms with E-state index in [1.807, 2.05) is 6.07 Å². The van der Waals surface area contributed by atoms with E-state index in [2.05, 4.69) is 4.98 Å². The van der Waals surface area contributed by atoms with Crippen LogP contribution in [0.4, 0.5) is 0 Å². The van der Waals surface area contributed by atoms with E-state index in [0.717, 1.165) is 0 Å². The predicted molar refractivity (Wildman–Crippen MR) is 52.4 cm³/mol. The summed E-state index contributed by atoms with van der Waals surface area (Å²) < 4.78 is 1.69. The van der Waals surface area contributed by atoms with Crippen LogP contribution < -0.4 is 0 Å². The molecule has 0 aliphatic rings. The number of nitriles is 1. The van der Waals surface area contributed by atoms with Gasteiger partial charge in [0, 0.05) is 24.8 Å². The van der Waals surface area contributed by atoms with Gasteiger partial charge in [-0.2, -0.15) is 5.26 Å². The Morgan fingerprint density at radius 1 is 1.67 bits per heavy atom. The van der Waals surface area contributed by atoms with Crippen LogP contribution in [0.1, 0.15) is 15.9 Å². The lowest BCUT2D eigenvalue weighted by molar-refractivity contribution is 0.0696. The molecule has 5 nitrogen and oxygen atoms in total. The molecule has 0 aromatic carbocycles. The normalized spacial score (nSPS) is 10.1. The summed E-state index contributed by atoms with van der Waals surface area (Å²) >= 11 is 0. The van der Waals surface area contributed by atoms with Crippen molar-refractivity contribution >= 4 is 17.0 Å². The number of hydrogen-bond acceptors (Lipinski definition) is 3. The van der Waals surface area contributed by atoms with Gasteiger partial charge in [0.2, 0.25) is 0 Å². The third-order valence-corrected chi connectivity index (χ3v) is 2.18. The molecule has 0 atom stereocenters. The first-order valence-electron chi connectivity index (χ1n) is 4.22. The molecular formula is C10H7N3O2. The van der Waals surface area contributed by atoms with Crippen LogP contribution in [-0.4, -0.2) is 20.6 Å². The van der Waals surface area contributed by atoms with Crippen molar-refractivity contribution in [2.75, 3.05) is 0 Å². The molecular weight excluding hydrogens is 194 g/mol. The fraction of sp³-hybridized carbons (Fsp3) is 0.100. The summed E-state index contributed by atoms with van der Waals surface area (Å²) in [5.74, 6) is -1.04. The highest BCUT2D eigenvalue weighted by molar-refractivity contribution is 5.93. The first-order chi connectivity index (χ1) is 7.13.